The number of anilines is 1. The van der Waals surface area contributed by atoms with Gasteiger partial charge in [0.2, 0.25) is 5.95 Å². The Labute approximate surface area is 264 Å². The largest absolute Gasteiger partial charge is 0.582 e. The molecule has 6 rings (SSSR count). The molecule has 4 aromatic heterocycles. The van der Waals surface area contributed by atoms with Gasteiger partial charge in [-0.3, -0.25) is 19.1 Å². The number of hydrogen-bond donors (Lipinski definition) is 6. The molecule has 0 aliphatic carbocycles. The van der Waals surface area contributed by atoms with Gasteiger partial charge in [0.15, 0.2) is 53.2 Å². The van der Waals surface area contributed by atoms with Gasteiger partial charge < -0.3 is 34.7 Å². The number of aliphatic hydroxyl groups is 1. The molecule has 0 saturated carbocycles. The van der Waals surface area contributed by atoms with Gasteiger partial charge in [0.25, 0.3) is 11.1 Å². The van der Waals surface area contributed by atoms with Crippen molar-refractivity contribution in [2.45, 2.75) is 55.6 Å². The number of nitrogens with two attached hydrogens (primary N) is 1. The lowest BCUT2D eigenvalue weighted by Gasteiger charge is -2.25. The van der Waals surface area contributed by atoms with E-state index in [-0.39, 0.29) is 34.7 Å². The summed E-state index contributed by atoms with van der Waals surface area (Å²) in [6.45, 7) is -5.62. The van der Waals surface area contributed by atoms with Crippen LogP contribution in [0, 0.1) is 0 Å². The standard InChI is InChI=1S/C19H21F2N11O10P2S2/c20-7-6(3-33)40-18(32-14-10(28-30-32)16(35)26-19(22)25-14)12(7)42-44(37,46)38-2-1-5-11(41-43(36)45)8(21)17(39-5)31-13-9(27-29-31)15(34)24-4-23-13/h4-8,11-12,17-18,33H,1-3H2,(H5-,22,23,24,25,26,29,30,34,35,36,37,45,46)/p+1/t5-,6-,7-,8+,11-,12-,17-,18-,44?/m1/s1. The van der Waals surface area contributed by atoms with Crippen molar-refractivity contribution < 1.29 is 46.4 Å². The number of aromatic nitrogens is 10. The van der Waals surface area contributed by atoms with Gasteiger partial charge in [0.1, 0.15) is 24.5 Å². The molecule has 2 unspecified atom stereocenters. The van der Waals surface area contributed by atoms with E-state index in [4.69, 9.17) is 40.6 Å². The van der Waals surface area contributed by atoms with Crippen LogP contribution in [0.1, 0.15) is 18.9 Å². The van der Waals surface area contributed by atoms with E-state index in [0.29, 0.717) is 0 Å². The Bertz CT molecular complexity index is 1950. The van der Waals surface area contributed by atoms with Crippen molar-refractivity contribution in [3.05, 3.63) is 27.0 Å². The van der Waals surface area contributed by atoms with Gasteiger partial charge in [-0.05, 0) is 16.4 Å². The van der Waals surface area contributed by atoms with Crippen LogP contribution in [-0.2, 0) is 39.4 Å². The summed E-state index contributed by atoms with van der Waals surface area (Å²) in [5.41, 5.74) is 3.48. The molecule has 27 heteroatoms. The van der Waals surface area contributed by atoms with Gasteiger partial charge in [0.05, 0.1) is 25.6 Å². The Hall–Kier alpha value is -2.96. The molecule has 0 amide bonds. The van der Waals surface area contributed by atoms with Crippen molar-refractivity contribution in [2.75, 3.05) is 18.9 Å². The molecule has 46 heavy (non-hydrogen) atoms. The Morgan fingerprint density at radius 1 is 1.09 bits per heavy atom. The van der Waals surface area contributed by atoms with Crippen LogP contribution < -0.4 is 16.9 Å². The summed E-state index contributed by atoms with van der Waals surface area (Å²) in [6, 6.07) is 0. The predicted molar refractivity (Wildman–Crippen MR) is 154 cm³/mol. The van der Waals surface area contributed by atoms with Crippen LogP contribution in [0.4, 0.5) is 14.7 Å². The minimum Gasteiger partial charge on any atom is -0.394 e. The molecule has 4 aromatic rings. The molecule has 0 spiro atoms. The molecular formula is C19H22F2N11O10P2S2+. The third-order valence-corrected chi connectivity index (χ3v) is 9.24. The van der Waals surface area contributed by atoms with E-state index in [9.17, 15) is 24.2 Å². The molecule has 21 nitrogen and oxygen atoms in total. The fourth-order valence-electron chi connectivity index (χ4n) is 4.95. The van der Waals surface area contributed by atoms with Crippen molar-refractivity contribution in [1.29, 1.82) is 0 Å². The fourth-order valence-corrected chi connectivity index (χ4v) is 7.18. The summed E-state index contributed by atoms with van der Waals surface area (Å²) in [7, 11) is -2.62. The highest BCUT2D eigenvalue weighted by Crippen LogP contribution is 2.51. The van der Waals surface area contributed by atoms with Crippen LogP contribution in [0.25, 0.3) is 22.3 Å². The highest BCUT2D eigenvalue weighted by Gasteiger charge is 2.53. The quantitative estimate of drug-likeness (QED) is 0.0803. The Morgan fingerprint density at radius 2 is 1.76 bits per heavy atom. The van der Waals surface area contributed by atoms with Gasteiger partial charge in [-0.1, -0.05) is 10.4 Å². The van der Waals surface area contributed by atoms with E-state index in [1.165, 1.54) is 0 Å². The molecule has 2 fully saturated rings. The van der Waals surface area contributed by atoms with Crippen molar-refractivity contribution in [2.24, 2.45) is 0 Å². The van der Waals surface area contributed by atoms with Crippen LogP contribution in [0.5, 0.6) is 0 Å². The zero-order chi connectivity index (χ0) is 32.9. The molecule has 2 aliphatic heterocycles. The third kappa shape index (κ3) is 6.20. The van der Waals surface area contributed by atoms with E-state index < -0.39 is 87.5 Å². The van der Waals surface area contributed by atoms with Crippen LogP contribution in [-0.4, -0.2) is 110 Å². The lowest BCUT2D eigenvalue weighted by molar-refractivity contribution is -0.0552. The number of nitrogen functional groups attached to an aromatic ring is 1. The number of ether oxygens (including phenoxy) is 2. The maximum absolute atomic E-state index is 15.6. The summed E-state index contributed by atoms with van der Waals surface area (Å²) >= 11 is 8.76. The zero-order valence-electron chi connectivity index (χ0n) is 22.6. The van der Waals surface area contributed by atoms with Crippen LogP contribution in [0.2, 0.25) is 0 Å². The average Bonchev–Trinajstić information content (AvgIpc) is 3.75. The smallest absolute Gasteiger partial charge is 0.394 e. The zero-order valence-corrected chi connectivity index (χ0v) is 26.1. The first kappa shape index (κ1) is 33.0. The van der Waals surface area contributed by atoms with Crippen molar-refractivity contribution in [3.8, 4) is 0 Å². The molecule has 0 radical (unpaired) electrons. The molecule has 10 atom stereocenters. The molecule has 0 aromatic carbocycles. The number of nitrogens with one attached hydrogen (secondary N) is 2. The summed E-state index contributed by atoms with van der Waals surface area (Å²) < 4.78 is 71.7. The number of fused-ring (bicyclic) bond motifs is 2. The highest BCUT2D eigenvalue weighted by atomic mass is 32.7. The number of halogens is 2. The molecule has 2 aliphatic rings. The first-order chi connectivity index (χ1) is 21.9. The van der Waals surface area contributed by atoms with Gasteiger partial charge in [-0.15, -0.1) is 14.7 Å². The maximum Gasteiger partial charge on any atom is 0.582 e. The van der Waals surface area contributed by atoms with Gasteiger partial charge >= 0.3 is 13.9 Å². The second kappa shape index (κ2) is 12.9. The van der Waals surface area contributed by atoms with Gasteiger partial charge in [0, 0.05) is 6.42 Å². The topological polar surface area (TPSA) is 283 Å². The summed E-state index contributed by atoms with van der Waals surface area (Å²) in [5.74, 6) is -0.304. The third-order valence-electron chi connectivity index (χ3n) is 6.94. The molecule has 2 saturated heterocycles. The highest BCUT2D eigenvalue weighted by molar-refractivity contribution is 8.39. The van der Waals surface area contributed by atoms with E-state index >= 15 is 8.78 Å². The minimum absolute atomic E-state index is 0.0977. The number of rotatable bonds is 11. The average molecular weight is 729 g/mol. The minimum atomic E-state index is -4.34. The first-order valence-corrected chi connectivity index (χ1v) is 17.9. The number of thiol groups is 1. The molecule has 248 valence electrons. The first-order valence-electron chi connectivity index (χ1n) is 13.0. The van der Waals surface area contributed by atoms with Gasteiger partial charge in [-0.25, -0.2) is 13.8 Å². The number of aromatic amines is 2. The van der Waals surface area contributed by atoms with Crippen molar-refractivity contribution in [1.82, 2.24) is 49.9 Å². The van der Waals surface area contributed by atoms with Crippen LogP contribution in [0.3, 0.4) is 0 Å². The number of nitrogens with zero attached hydrogens (tertiary/aromatic N) is 8. The molecule has 6 heterocycles. The second-order valence-electron chi connectivity index (χ2n) is 9.77. The predicted octanol–water partition coefficient (Wildman–Crippen LogP) is -0.931. The summed E-state index contributed by atoms with van der Waals surface area (Å²) in [6.07, 6.45) is -12.3. The second-order valence-corrected chi connectivity index (χ2v) is 14.2. The number of hydrogen-bond acceptors (Lipinski definition) is 17. The molecule has 6 N–H and O–H groups in total. The summed E-state index contributed by atoms with van der Waals surface area (Å²) in [5, 5.41) is 24.5. The molecular weight excluding hydrogens is 706 g/mol. The Balaban J connectivity index is 1.17. The summed E-state index contributed by atoms with van der Waals surface area (Å²) in [4.78, 5) is 47.4. The Morgan fingerprint density at radius 3 is 2.46 bits per heavy atom. The van der Waals surface area contributed by atoms with Gasteiger partial charge in [-0.2, -0.15) is 14.3 Å². The Kier molecular flexibility index (Phi) is 9.26. The van der Waals surface area contributed by atoms with Crippen LogP contribution >= 0.6 is 26.2 Å². The van der Waals surface area contributed by atoms with Crippen LogP contribution in [0.15, 0.2) is 15.9 Å². The number of alkyl halides is 2. The van der Waals surface area contributed by atoms with Crippen molar-refractivity contribution in [3.63, 3.8) is 0 Å². The fraction of sp³-hybridized carbons (Fsp3) is 0.579. The maximum atomic E-state index is 15.6. The normalized spacial score (nSPS) is 29.9. The number of aliphatic hydroxyl groups excluding tert-OH is 1. The monoisotopic (exact) mass is 728 g/mol. The van der Waals surface area contributed by atoms with E-state index in [1.807, 2.05) is 0 Å². The van der Waals surface area contributed by atoms with E-state index in [2.05, 4.69) is 52.8 Å². The molecule has 0 bridgehead atoms. The number of H-pyrrole nitrogens is 2. The lowest BCUT2D eigenvalue weighted by atomic mass is 10.1. The lowest BCUT2D eigenvalue weighted by Crippen LogP contribution is -2.32. The van der Waals surface area contributed by atoms with E-state index in [0.717, 1.165) is 15.7 Å². The van der Waals surface area contributed by atoms with Crippen molar-refractivity contribution >= 4 is 66.3 Å². The SMILES string of the molecule is Nc1nc2c(nnn2[C@@H]2O[C@H](CO)[C@@H](F)[C@H]2OP(O)(=S)OCC[C@H]2O[C@@H](n3nnc4c(=O)[nH]cnc43)[C@@H](F)[C@@H]2O[P+](=O)S)c(=O)[nH]1. The van der Waals surface area contributed by atoms with E-state index in [1.54, 1.807) is 0 Å².